The van der Waals surface area contributed by atoms with Crippen molar-refractivity contribution in [3.8, 4) is 11.5 Å². The molecular weight excluding hydrogens is 404 g/mol. The summed E-state index contributed by atoms with van der Waals surface area (Å²) in [4.78, 5) is 22.1. The number of carbonyl (C=O) groups excluding carboxylic acids is 1. The minimum absolute atomic E-state index is 0.134. The Bertz CT molecular complexity index is 784. The summed E-state index contributed by atoms with van der Waals surface area (Å²) in [5.74, 6) is -0.0431. The summed E-state index contributed by atoms with van der Waals surface area (Å²) in [6, 6.07) is 8.90. The lowest BCUT2D eigenvalue weighted by Gasteiger charge is -2.11. The third kappa shape index (κ3) is 4.59. The summed E-state index contributed by atoms with van der Waals surface area (Å²) in [7, 11) is 1.35. The molecule has 0 radical (unpaired) electrons. The van der Waals surface area contributed by atoms with E-state index in [0.29, 0.717) is 10.7 Å². The Morgan fingerprint density at radius 3 is 2.67 bits per heavy atom. The number of non-ortho nitro benzene ring substituents is 1. The van der Waals surface area contributed by atoms with E-state index in [1.807, 2.05) is 0 Å². The first-order chi connectivity index (χ1) is 11.4. The predicted molar refractivity (Wildman–Crippen MR) is 92.9 cm³/mol. The van der Waals surface area contributed by atoms with Crippen molar-refractivity contribution in [3.05, 3.63) is 56.0 Å². The normalized spacial score (nSPS) is 10.1. The Labute approximate surface area is 150 Å². The molecule has 0 aromatic heterocycles. The van der Waals surface area contributed by atoms with Gasteiger partial charge in [0.2, 0.25) is 0 Å². The quantitative estimate of drug-likeness (QED) is 0.568. The number of nitro benzene ring substituents is 1. The van der Waals surface area contributed by atoms with E-state index in [1.54, 1.807) is 18.2 Å². The van der Waals surface area contributed by atoms with Crippen LogP contribution in [0.25, 0.3) is 0 Å². The number of hydrogen-bond donors (Lipinski definition) is 1. The molecular formula is C15H12BrClN2O5. The van der Waals surface area contributed by atoms with Crippen molar-refractivity contribution in [2.75, 3.05) is 19.0 Å². The van der Waals surface area contributed by atoms with Crippen LogP contribution in [0, 0.1) is 10.1 Å². The molecule has 0 bridgehead atoms. The second kappa shape index (κ2) is 7.98. The number of halogens is 2. The van der Waals surface area contributed by atoms with Crippen LogP contribution in [0.3, 0.4) is 0 Å². The molecule has 0 atom stereocenters. The van der Waals surface area contributed by atoms with Crippen LogP contribution in [-0.2, 0) is 4.79 Å². The van der Waals surface area contributed by atoms with Gasteiger partial charge in [-0.25, -0.2) is 0 Å². The molecule has 0 spiro atoms. The summed E-state index contributed by atoms with van der Waals surface area (Å²) in [5.41, 5.74) is 0.314. The number of benzene rings is 2. The molecule has 1 amide bonds. The van der Waals surface area contributed by atoms with Crippen LogP contribution in [0.5, 0.6) is 11.5 Å². The molecule has 0 saturated carbocycles. The fraction of sp³-hybridized carbons (Fsp3) is 0.133. The highest BCUT2D eigenvalue weighted by Crippen LogP contribution is 2.31. The van der Waals surface area contributed by atoms with E-state index in [9.17, 15) is 14.9 Å². The standard InChI is InChI=1S/C15H12BrClN2O5/c1-23-14-7-10(19(21)22)3-5-13(14)24-8-15(20)18-12-4-2-9(16)6-11(12)17/h2-7H,8H2,1H3,(H,18,20). The maximum absolute atomic E-state index is 11.9. The van der Waals surface area contributed by atoms with Crippen molar-refractivity contribution >= 4 is 44.8 Å². The second-order valence-corrected chi connectivity index (χ2v) is 5.88. The molecule has 2 aromatic carbocycles. The zero-order valence-corrected chi connectivity index (χ0v) is 14.8. The average molecular weight is 416 g/mol. The fourth-order valence-corrected chi connectivity index (χ4v) is 2.53. The number of amides is 1. The van der Waals surface area contributed by atoms with Gasteiger partial charge in [-0.15, -0.1) is 0 Å². The molecule has 0 aliphatic rings. The van der Waals surface area contributed by atoms with Crippen molar-refractivity contribution in [3.63, 3.8) is 0 Å². The van der Waals surface area contributed by atoms with Gasteiger partial charge in [0.05, 0.1) is 28.8 Å². The molecule has 0 aliphatic carbocycles. The highest BCUT2D eigenvalue weighted by atomic mass is 79.9. The number of nitrogens with one attached hydrogen (secondary N) is 1. The first-order valence-electron chi connectivity index (χ1n) is 6.61. The molecule has 0 unspecified atom stereocenters. The van der Waals surface area contributed by atoms with Crippen molar-refractivity contribution < 1.29 is 19.2 Å². The maximum atomic E-state index is 11.9. The number of hydrogen-bond acceptors (Lipinski definition) is 5. The van der Waals surface area contributed by atoms with Gasteiger partial charge in [0, 0.05) is 10.5 Å². The highest BCUT2D eigenvalue weighted by molar-refractivity contribution is 9.10. The van der Waals surface area contributed by atoms with Gasteiger partial charge in [0.25, 0.3) is 11.6 Å². The average Bonchev–Trinajstić information content (AvgIpc) is 2.55. The van der Waals surface area contributed by atoms with E-state index in [0.717, 1.165) is 4.47 Å². The number of nitro groups is 1. The molecule has 7 nitrogen and oxygen atoms in total. The maximum Gasteiger partial charge on any atom is 0.273 e. The Balaban J connectivity index is 2.02. The molecule has 2 aromatic rings. The third-order valence-electron chi connectivity index (χ3n) is 2.92. The van der Waals surface area contributed by atoms with Crippen LogP contribution < -0.4 is 14.8 Å². The SMILES string of the molecule is COc1cc([N+](=O)[O-])ccc1OCC(=O)Nc1ccc(Br)cc1Cl. The summed E-state index contributed by atoms with van der Waals surface area (Å²) >= 11 is 9.29. The van der Waals surface area contributed by atoms with E-state index < -0.39 is 10.8 Å². The van der Waals surface area contributed by atoms with Crippen LogP contribution in [0.15, 0.2) is 40.9 Å². The van der Waals surface area contributed by atoms with Crippen LogP contribution in [0.4, 0.5) is 11.4 Å². The molecule has 2 rings (SSSR count). The number of methoxy groups -OCH3 is 1. The molecule has 126 valence electrons. The highest BCUT2D eigenvalue weighted by Gasteiger charge is 2.14. The van der Waals surface area contributed by atoms with Gasteiger partial charge in [-0.1, -0.05) is 27.5 Å². The Morgan fingerprint density at radius 2 is 2.04 bits per heavy atom. The van der Waals surface area contributed by atoms with E-state index in [2.05, 4.69) is 21.2 Å². The van der Waals surface area contributed by atoms with Crippen molar-refractivity contribution in [2.24, 2.45) is 0 Å². The smallest absolute Gasteiger partial charge is 0.273 e. The summed E-state index contributed by atoms with van der Waals surface area (Å²) in [6.45, 7) is -0.305. The van der Waals surface area contributed by atoms with Crippen LogP contribution in [-0.4, -0.2) is 24.5 Å². The van der Waals surface area contributed by atoms with Crippen molar-refractivity contribution in [2.45, 2.75) is 0 Å². The third-order valence-corrected chi connectivity index (χ3v) is 3.73. The molecule has 0 saturated heterocycles. The summed E-state index contributed by atoms with van der Waals surface area (Å²) < 4.78 is 11.2. The number of rotatable bonds is 6. The van der Waals surface area contributed by atoms with E-state index >= 15 is 0 Å². The van der Waals surface area contributed by atoms with Gasteiger partial charge in [0.1, 0.15) is 0 Å². The minimum atomic E-state index is -0.547. The fourth-order valence-electron chi connectivity index (χ4n) is 1.81. The number of nitrogens with zero attached hydrogens (tertiary/aromatic N) is 1. The summed E-state index contributed by atoms with van der Waals surface area (Å²) in [6.07, 6.45) is 0. The van der Waals surface area contributed by atoms with Crippen LogP contribution in [0.1, 0.15) is 0 Å². The number of anilines is 1. The Morgan fingerprint density at radius 1 is 1.29 bits per heavy atom. The molecule has 1 N–H and O–H groups in total. The summed E-state index contributed by atoms with van der Waals surface area (Å²) in [5, 5.41) is 13.7. The zero-order valence-electron chi connectivity index (χ0n) is 12.4. The Kier molecular flexibility index (Phi) is 5.99. The second-order valence-electron chi connectivity index (χ2n) is 4.55. The number of ether oxygens (including phenoxy) is 2. The lowest BCUT2D eigenvalue weighted by molar-refractivity contribution is -0.384. The van der Waals surface area contributed by atoms with E-state index in [4.69, 9.17) is 21.1 Å². The van der Waals surface area contributed by atoms with Crippen molar-refractivity contribution in [1.29, 1.82) is 0 Å². The van der Waals surface area contributed by atoms with Gasteiger partial charge >= 0.3 is 0 Å². The molecule has 9 heteroatoms. The number of carbonyl (C=O) groups is 1. The molecule has 0 heterocycles. The van der Waals surface area contributed by atoms with Gasteiger partial charge in [-0.05, 0) is 24.3 Å². The first-order valence-corrected chi connectivity index (χ1v) is 7.78. The van der Waals surface area contributed by atoms with E-state index in [-0.39, 0.29) is 23.8 Å². The molecule has 0 aliphatic heterocycles. The Hall–Kier alpha value is -2.32. The monoisotopic (exact) mass is 414 g/mol. The minimum Gasteiger partial charge on any atom is -0.493 e. The topological polar surface area (TPSA) is 90.7 Å². The molecule has 24 heavy (non-hydrogen) atoms. The predicted octanol–water partition coefficient (Wildman–Crippen LogP) is 4.04. The van der Waals surface area contributed by atoms with Gasteiger partial charge in [-0.3, -0.25) is 14.9 Å². The van der Waals surface area contributed by atoms with Crippen LogP contribution in [0.2, 0.25) is 5.02 Å². The zero-order chi connectivity index (χ0) is 17.7. The lowest BCUT2D eigenvalue weighted by atomic mass is 10.3. The lowest BCUT2D eigenvalue weighted by Crippen LogP contribution is -2.20. The molecule has 0 fully saturated rings. The van der Waals surface area contributed by atoms with Crippen molar-refractivity contribution in [1.82, 2.24) is 0 Å². The largest absolute Gasteiger partial charge is 0.493 e. The van der Waals surface area contributed by atoms with E-state index in [1.165, 1.54) is 25.3 Å². The van der Waals surface area contributed by atoms with Crippen LogP contribution >= 0.6 is 27.5 Å². The van der Waals surface area contributed by atoms with Gasteiger partial charge in [-0.2, -0.15) is 0 Å². The van der Waals surface area contributed by atoms with Gasteiger partial charge < -0.3 is 14.8 Å². The van der Waals surface area contributed by atoms with Gasteiger partial charge in [0.15, 0.2) is 18.1 Å². The first kappa shape index (κ1) is 18.0.